The molecule has 5 nitrogen and oxygen atoms in total. The number of rotatable bonds is 6. The summed E-state index contributed by atoms with van der Waals surface area (Å²) in [5.41, 5.74) is 8.50. The molecule has 1 aliphatic carbocycles. The molecule has 7 heteroatoms. The van der Waals surface area contributed by atoms with Gasteiger partial charge in [-0.2, -0.15) is 0 Å². The van der Waals surface area contributed by atoms with E-state index in [1.165, 1.54) is 5.56 Å². The Kier molecular flexibility index (Phi) is 10.8. The van der Waals surface area contributed by atoms with Crippen molar-refractivity contribution >= 4 is 30.7 Å². The predicted molar refractivity (Wildman–Crippen MR) is 118 cm³/mol. The van der Waals surface area contributed by atoms with Crippen LogP contribution >= 0.6 is 24.8 Å². The largest absolute Gasteiger partial charge is 0.373 e. The van der Waals surface area contributed by atoms with E-state index in [-0.39, 0.29) is 36.8 Å². The van der Waals surface area contributed by atoms with Gasteiger partial charge in [-0.05, 0) is 43.7 Å². The number of morpholine rings is 1. The van der Waals surface area contributed by atoms with Crippen LogP contribution in [0.25, 0.3) is 0 Å². The lowest BCUT2D eigenvalue weighted by Crippen LogP contribution is -2.44. The second kappa shape index (κ2) is 12.0. The first-order valence-corrected chi connectivity index (χ1v) is 9.97. The minimum absolute atomic E-state index is 0. The van der Waals surface area contributed by atoms with Crippen LogP contribution in [0.5, 0.6) is 0 Å². The molecular formula is C21H35Cl2N3O2. The summed E-state index contributed by atoms with van der Waals surface area (Å²) in [7, 11) is 0. The second-order valence-electron chi connectivity index (χ2n) is 8.10. The summed E-state index contributed by atoms with van der Waals surface area (Å²) in [6.07, 6.45) is 4.44. The molecule has 3 rings (SSSR count). The molecule has 0 spiro atoms. The summed E-state index contributed by atoms with van der Waals surface area (Å²) in [4.78, 5) is 14.6. The highest BCUT2D eigenvalue weighted by Crippen LogP contribution is 2.26. The molecule has 3 N–H and O–H groups in total. The van der Waals surface area contributed by atoms with Gasteiger partial charge >= 0.3 is 0 Å². The van der Waals surface area contributed by atoms with Crippen LogP contribution in [0.3, 0.4) is 0 Å². The molecule has 1 amide bonds. The third kappa shape index (κ3) is 7.53. The van der Waals surface area contributed by atoms with Crippen molar-refractivity contribution in [3.63, 3.8) is 0 Å². The molecule has 4 atom stereocenters. The van der Waals surface area contributed by atoms with E-state index in [0.717, 1.165) is 44.5 Å². The summed E-state index contributed by atoms with van der Waals surface area (Å²) in [5, 5.41) is 3.04. The quantitative estimate of drug-likeness (QED) is 0.724. The molecule has 160 valence electrons. The standard InChI is InChI=1S/C21H33N3O2.2ClH/c1-15-12-24(13-16(2)26-15)14-18-8-6-17(7-9-18)11-23-21(25)10-19-4-3-5-20(19)22;;/h6-9,15-16,19-20H,3-5,10-14,22H2,1-2H3,(H,23,25);2*1H/t15?,16?,19-,20+;;/m0../s1. The minimum Gasteiger partial charge on any atom is -0.373 e. The van der Waals surface area contributed by atoms with Gasteiger partial charge in [0.2, 0.25) is 5.91 Å². The normalized spacial score (nSPS) is 27.5. The number of carbonyl (C=O) groups is 1. The number of halogens is 2. The maximum absolute atomic E-state index is 12.1. The average Bonchev–Trinajstić information content (AvgIpc) is 2.98. The Balaban J connectivity index is 0.00000196. The van der Waals surface area contributed by atoms with Gasteiger partial charge in [0.15, 0.2) is 0 Å². The Labute approximate surface area is 181 Å². The zero-order valence-electron chi connectivity index (χ0n) is 16.9. The molecule has 28 heavy (non-hydrogen) atoms. The first-order chi connectivity index (χ1) is 12.5. The highest BCUT2D eigenvalue weighted by atomic mass is 35.5. The number of benzene rings is 1. The van der Waals surface area contributed by atoms with E-state index in [4.69, 9.17) is 10.5 Å². The van der Waals surface area contributed by atoms with Crippen LogP contribution in [0.15, 0.2) is 24.3 Å². The van der Waals surface area contributed by atoms with Crippen LogP contribution in [0.4, 0.5) is 0 Å². The minimum atomic E-state index is 0. The van der Waals surface area contributed by atoms with Gasteiger partial charge in [0, 0.05) is 38.6 Å². The molecule has 2 unspecified atom stereocenters. The first kappa shape index (κ1) is 25.2. The van der Waals surface area contributed by atoms with Crippen LogP contribution in [0.1, 0.15) is 50.7 Å². The second-order valence-corrected chi connectivity index (χ2v) is 8.10. The lowest BCUT2D eigenvalue weighted by molar-refractivity contribution is -0.122. The fourth-order valence-electron chi connectivity index (χ4n) is 4.26. The molecule has 0 bridgehead atoms. The van der Waals surface area contributed by atoms with Crippen LogP contribution in [-0.2, 0) is 22.6 Å². The maximum atomic E-state index is 12.1. The number of amides is 1. The highest BCUT2D eigenvalue weighted by molar-refractivity contribution is 5.85. The Morgan fingerprint density at radius 1 is 1.11 bits per heavy atom. The first-order valence-electron chi connectivity index (χ1n) is 9.97. The number of hydrogen-bond acceptors (Lipinski definition) is 4. The molecule has 0 radical (unpaired) electrons. The number of nitrogens with two attached hydrogens (primary N) is 1. The average molecular weight is 432 g/mol. The fourth-order valence-corrected chi connectivity index (χ4v) is 4.26. The van der Waals surface area contributed by atoms with E-state index < -0.39 is 0 Å². The van der Waals surface area contributed by atoms with Crippen molar-refractivity contribution in [2.75, 3.05) is 13.1 Å². The van der Waals surface area contributed by atoms with E-state index in [2.05, 4.69) is 48.3 Å². The van der Waals surface area contributed by atoms with E-state index in [1.807, 2.05) is 0 Å². The number of nitrogens with one attached hydrogen (secondary N) is 1. The Morgan fingerprint density at radius 2 is 1.71 bits per heavy atom. The van der Waals surface area contributed by atoms with Crippen molar-refractivity contribution < 1.29 is 9.53 Å². The van der Waals surface area contributed by atoms with Crippen molar-refractivity contribution in [1.29, 1.82) is 0 Å². The summed E-state index contributed by atoms with van der Waals surface area (Å²) < 4.78 is 5.79. The van der Waals surface area contributed by atoms with Gasteiger partial charge < -0.3 is 15.8 Å². The van der Waals surface area contributed by atoms with Crippen molar-refractivity contribution in [1.82, 2.24) is 10.2 Å². The lowest BCUT2D eigenvalue weighted by atomic mass is 10.00. The van der Waals surface area contributed by atoms with Gasteiger partial charge in [0.05, 0.1) is 12.2 Å². The SMILES string of the molecule is CC1CN(Cc2ccc(CNC(=O)C[C@@H]3CCC[C@H]3N)cc2)CC(C)O1.Cl.Cl. The van der Waals surface area contributed by atoms with Crippen LogP contribution in [-0.4, -0.2) is 42.1 Å². The van der Waals surface area contributed by atoms with E-state index >= 15 is 0 Å². The summed E-state index contributed by atoms with van der Waals surface area (Å²) in [6.45, 7) is 7.76. The lowest BCUT2D eigenvalue weighted by Gasteiger charge is -2.35. The van der Waals surface area contributed by atoms with Crippen LogP contribution < -0.4 is 11.1 Å². The molecule has 2 aliphatic rings. The predicted octanol–water partition coefficient (Wildman–Crippen LogP) is 3.27. The highest BCUT2D eigenvalue weighted by Gasteiger charge is 2.26. The van der Waals surface area contributed by atoms with Gasteiger partial charge in [-0.15, -0.1) is 24.8 Å². The van der Waals surface area contributed by atoms with Crippen molar-refractivity contribution in [2.45, 2.75) is 70.9 Å². The van der Waals surface area contributed by atoms with Crippen molar-refractivity contribution in [3.8, 4) is 0 Å². The van der Waals surface area contributed by atoms with Crippen LogP contribution in [0, 0.1) is 5.92 Å². The number of ether oxygens (including phenoxy) is 1. The van der Waals surface area contributed by atoms with Gasteiger partial charge in [-0.1, -0.05) is 30.7 Å². The maximum Gasteiger partial charge on any atom is 0.220 e. The zero-order valence-corrected chi connectivity index (χ0v) is 18.6. The Hall–Kier alpha value is -0.850. The fraction of sp³-hybridized carbons (Fsp3) is 0.667. The van der Waals surface area contributed by atoms with Gasteiger partial charge in [0.25, 0.3) is 0 Å². The van der Waals surface area contributed by atoms with Gasteiger partial charge in [-0.25, -0.2) is 0 Å². The van der Waals surface area contributed by atoms with E-state index in [1.54, 1.807) is 0 Å². The molecule has 1 aliphatic heterocycles. The number of hydrogen-bond donors (Lipinski definition) is 2. The third-order valence-electron chi connectivity index (χ3n) is 5.58. The molecule has 0 aromatic heterocycles. The molecule has 1 heterocycles. The van der Waals surface area contributed by atoms with E-state index in [9.17, 15) is 4.79 Å². The summed E-state index contributed by atoms with van der Waals surface area (Å²) >= 11 is 0. The number of nitrogens with zero attached hydrogens (tertiary/aromatic N) is 1. The topological polar surface area (TPSA) is 67.6 Å². The Morgan fingerprint density at radius 3 is 2.29 bits per heavy atom. The summed E-state index contributed by atoms with van der Waals surface area (Å²) in [6, 6.07) is 8.76. The van der Waals surface area contributed by atoms with Gasteiger partial charge in [-0.3, -0.25) is 9.69 Å². The molecule has 1 saturated carbocycles. The molecule has 2 fully saturated rings. The molecular weight excluding hydrogens is 397 g/mol. The monoisotopic (exact) mass is 431 g/mol. The van der Waals surface area contributed by atoms with Crippen molar-refractivity contribution in [2.24, 2.45) is 11.7 Å². The molecule has 1 aromatic carbocycles. The third-order valence-corrected chi connectivity index (χ3v) is 5.58. The van der Waals surface area contributed by atoms with Gasteiger partial charge in [0.1, 0.15) is 0 Å². The molecule has 1 aromatic rings. The van der Waals surface area contributed by atoms with Crippen LogP contribution in [0.2, 0.25) is 0 Å². The smallest absolute Gasteiger partial charge is 0.220 e. The Bertz CT molecular complexity index is 590. The summed E-state index contributed by atoms with van der Waals surface area (Å²) in [5.74, 6) is 0.475. The van der Waals surface area contributed by atoms with E-state index in [0.29, 0.717) is 31.1 Å². The zero-order chi connectivity index (χ0) is 18.5. The number of carbonyl (C=O) groups excluding carboxylic acids is 1. The van der Waals surface area contributed by atoms with Crippen molar-refractivity contribution in [3.05, 3.63) is 35.4 Å². The molecule has 1 saturated heterocycles.